The number of hydrogen-bond donors (Lipinski definition) is 1. The lowest BCUT2D eigenvalue weighted by atomic mass is 10.1. The van der Waals surface area contributed by atoms with Crippen LogP contribution in [-0.4, -0.2) is 50.8 Å². The lowest BCUT2D eigenvalue weighted by Crippen LogP contribution is -2.37. The van der Waals surface area contributed by atoms with Gasteiger partial charge in [-0.25, -0.2) is 0 Å². The summed E-state index contributed by atoms with van der Waals surface area (Å²) in [6.07, 6.45) is 4.00. The van der Waals surface area contributed by atoms with E-state index in [4.69, 9.17) is 4.74 Å². The number of nitrogens with one attached hydrogen (secondary N) is 1. The van der Waals surface area contributed by atoms with E-state index in [2.05, 4.69) is 24.1 Å². The highest BCUT2D eigenvalue weighted by atomic mass is 16.5. The maximum atomic E-state index is 5.17. The number of ether oxygens (including phenoxy) is 1. The van der Waals surface area contributed by atoms with Crippen molar-refractivity contribution < 1.29 is 4.74 Å². The molecule has 1 fully saturated rings. The minimum Gasteiger partial charge on any atom is -0.383 e. The van der Waals surface area contributed by atoms with Gasteiger partial charge >= 0.3 is 0 Å². The van der Waals surface area contributed by atoms with Crippen LogP contribution in [0.1, 0.15) is 33.1 Å². The lowest BCUT2D eigenvalue weighted by molar-refractivity contribution is 0.133. The third kappa shape index (κ3) is 5.83. The van der Waals surface area contributed by atoms with Crippen LogP contribution < -0.4 is 5.32 Å². The third-order valence-electron chi connectivity index (χ3n) is 3.11. The van der Waals surface area contributed by atoms with Crippen molar-refractivity contribution in [2.24, 2.45) is 5.92 Å². The van der Waals surface area contributed by atoms with Crippen molar-refractivity contribution in [2.45, 2.75) is 39.2 Å². The van der Waals surface area contributed by atoms with Gasteiger partial charge in [0.05, 0.1) is 6.61 Å². The van der Waals surface area contributed by atoms with Gasteiger partial charge in [0.25, 0.3) is 0 Å². The predicted octanol–water partition coefficient (Wildman–Crippen LogP) is 1.73. The smallest absolute Gasteiger partial charge is 0.0589 e. The van der Waals surface area contributed by atoms with Gasteiger partial charge in [-0.3, -0.25) is 4.90 Å². The van der Waals surface area contributed by atoms with Crippen molar-refractivity contribution in [2.75, 3.05) is 39.9 Å². The predicted molar refractivity (Wildman–Crippen MR) is 68.8 cm³/mol. The summed E-state index contributed by atoms with van der Waals surface area (Å²) in [6, 6.07) is 0.851. The van der Waals surface area contributed by atoms with Crippen molar-refractivity contribution in [3.63, 3.8) is 0 Å². The first kappa shape index (κ1) is 13.9. The standard InChI is InChI=1S/C13H28N2O/c1-4-7-14-10-12(2)11-15(8-9-16-3)13-5-6-13/h12-14H,4-11H2,1-3H3. The van der Waals surface area contributed by atoms with E-state index in [1.807, 2.05) is 0 Å². The van der Waals surface area contributed by atoms with E-state index in [-0.39, 0.29) is 0 Å². The van der Waals surface area contributed by atoms with Crippen LogP contribution in [0, 0.1) is 5.92 Å². The van der Waals surface area contributed by atoms with E-state index < -0.39 is 0 Å². The van der Waals surface area contributed by atoms with Gasteiger partial charge in [-0.1, -0.05) is 13.8 Å². The molecule has 0 radical (unpaired) electrons. The first-order valence-corrected chi connectivity index (χ1v) is 6.71. The Hall–Kier alpha value is -0.120. The highest BCUT2D eigenvalue weighted by molar-refractivity contribution is 4.85. The highest BCUT2D eigenvalue weighted by Crippen LogP contribution is 2.27. The molecule has 0 aliphatic heterocycles. The fraction of sp³-hybridized carbons (Fsp3) is 1.00. The molecule has 3 nitrogen and oxygen atoms in total. The summed E-state index contributed by atoms with van der Waals surface area (Å²) in [6.45, 7) is 10.0. The average molecular weight is 228 g/mol. The molecule has 0 spiro atoms. The second kappa shape index (κ2) is 8.04. The van der Waals surface area contributed by atoms with Crippen molar-refractivity contribution >= 4 is 0 Å². The Bertz CT molecular complexity index is 171. The van der Waals surface area contributed by atoms with Gasteiger partial charge in [-0.15, -0.1) is 0 Å². The fourth-order valence-corrected chi connectivity index (χ4v) is 2.06. The molecule has 1 N–H and O–H groups in total. The first-order chi connectivity index (χ1) is 7.77. The monoisotopic (exact) mass is 228 g/mol. The molecule has 0 heterocycles. The van der Waals surface area contributed by atoms with Gasteiger partial charge in [0, 0.05) is 26.2 Å². The Morgan fingerprint density at radius 3 is 2.75 bits per heavy atom. The molecular formula is C13H28N2O. The number of methoxy groups -OCH3 is 1. The summed E-state index contributed by atoms with van der Waals surface area (Å²) in [5.74, 6) is 0.740. The minimum absolute atomic E-state index is 0.740. The summed E-state index contributed by atoms with van der Waals surface area (Å²) in [5.41, 5.74) is 0. The molecule has 0 aromatic rings. The molecule has 0 aromatic carbocycles. The molecule has 1 aliphatic rings. The Kier molecular flexibility index (Phi) is 7.01. The van der Waals surface area contributed by atoms with E-state index in [1.54, 1.807) is 7.11 Å². The Labute approximate surface area is 101 Å². The van der Waals surface area contributed by atoms with Gasteiger partial charge in [0.2, 0.25) is 0 Å². The van der Waals surface area contributed by atoms with Crippen LogP contribution >= 0.6 is 0 Å². The van der Waals surface area contributed by atoms with E-state index >= 15 is 0 Å². The zero-order chi connectivity index (χ0) is 11.8. The van der Waals surface area contributed by atoms with Crippen molar-refractivity contribution in [3.05, 3.63) is 0 Å². The molecule has 0 bridgehead atoms. The summed E-state index contributed by atoms with van der Waals surface area (Å²) >= 11 is 0. The Morgan fingerprint density at radius 2 is 2.19 bits per heavy atom. The largest absolute Gasteiger partial charge is 0.383 e. The molecule has 0 amide bonds. The molecule has 1 unspecified atom stereocenters. The number of nitrogens with zero attached hydrogens (tertiary/aromatic N) is 1. The Morgan fingerprint density at radius 1 is 1.44 bits per heavy atom. The highest BCUT2D eigenvalue weighted by Gasteiger charge is 2.29. The van der Waals surface area contributed by atoms with E-state index in [0.29, 0.717) is 0 Å². The first-order valence-electron chi connectivity index (χ1n) is 6.71. The Balaban J connectivity index is 2.14. The average Bonchev–Trinajstić information content (AvgIpc) is 3.08. The van der Waals surface area contributed by atoms with Crippen LogP contribution in [0.15, 0.2) is 0 Å². The van der Waals surface area contributed by atoms with Crippen LogP contribution in [-0.2, 0) is 4.74 Å². The molecular weight excluding hydrogens is 200 g/mol. The maximum Gasteiger partial charge on any atom is 0.0589 e. The summed E-state index contributed by atoms with van der Waals surface area (Å²) in [5, 5.41) is 3.50. The molecule has 96 valence electrons. The third-order valence-corrected chi connectivity index (χ3v) is 3.11. The van der Waals surface area contributed by atoms with Gasteiger partial charge < -0.3 is 10.1 Å². The SMILES string of the molecule is CCCNCC(C)CN(CCOC)C1CC1. The quantitative estimate of drug-likeness (QED) is 0.576. The van der Waals surface area contributed by atoms with E-state index in [0.717, 1.165) is 38.2 Å². The molecule has 1 saturated carbocycles. The second-order valence-electron chi connectivity index (χ2n) is 5.03. The van der Waals surface area contributed by atoms with Crippen molar-refractivity contribution in [1.82, 2.24) is 10.2 Å². The minimum atomic E-state index is 0.740. The van der Waals surface area contributed by atoms with Gasteiger partial charge in [-0.2, -0.15) is 0 Å². The van der Waals surface area contributed by atoms with Gasteiger partial charge in [0.15, 0.2) is 0 Å². The second-order valence-corrected chi connectivity index (χ2v) is 5.03. The number of rotatable bonds is 10. The molecule has 1 atom stereocenters. The molecule has 0 saturated heterocycles. The van der Waals surface area contributed by atoms with Crippen molar-refractivity contribution in [3.8, 4) is 0 Å². The molecule has 0 aromatic heterocycles. The van der Waals surface area contributed by atoms with Crippen LogP contribution in [0.5, 0.6) is 0 Å². The molecule has 3 heteroatoms. The maximum absolute atomic E-state index is 5.17. The van der Waals surface area contributed by atoms with E-state index in [9.17, 15) is 0 Å². The summed E-state index contributed by atoms with van der Waals surface area (Å²) < 4.78 is 5.17. The number of hydrogen-bond acceptors (Lipinski definition) is 3. The van der Waals surface area contributed by atoms with Crippen LogP contribution in [0.25, 0.3) is 0 Å². The lowest BCUT2D eigenvalue weighted by Gasteiger charge is -2.25. The zero-order valence-corrected chi connectivity index (χ0v) is 11.2. The zero-order valence-electron chi connectivity index (χ0n) is 11.2. The molecule has 1 aliphatic carbocycles. The van der Waals surface area contributed by atoms with Crippen LogP contribution in [0.2, 0.25) is 0 Å². The van der Waals surface area contributed by atoms with Gasteiger partial charge in [0.1, 0.15) is 0 Å². The fourth-order valence-electron chi connectivity index (χ4n) is 2.06. The van der Waals surface area contributed by atoms with Gasteiger partial charge in [-0.05, 0) is 38.3 Å². The topological polar surface area (TPSA) is 24.5 Å². The van der Waals surface area contributed by atoms with Crippen LogP contribution in [0.4, 0.5) is 0 Å². The van der Waals surface area contributed by atoms with Crippen LogP contribution in [0.3, 0.4) is 0 Å². The van der Waals surface area contributed by atoms with Crippen molar-refractivity contribution in [1.29, 1.82) is 0 Å². The molecule has 1 rings (SSSR count). The molecule has 16 heavy (non-hydrogen) atoms. The normalized spacial score (nSPS) is 18.0. The van der Waals surface area contributed by atoms with E-state index in [1.165, 1.54) is 25.8 Å². The summed E-state index contributed by atoms with van der Waals surface area (Å²) in [4.78, 5) is 2.60. The summed E-state index contributed by atoms with van der Waals surface area (Å²) in [7, 11) is 1.79.